The van der Waals surface area contributed by atoms with E-state index in [1.807, 2.05) is 6.92 Å². The maximum atomic E-state index is 12.2. The molecule has 1 aliphatic rings. The molecular weight excluding hydrogens is 288 g/mol. The first kappa shape index (κ1) is 14.4. The third kappa shape index (κ3) is 2.80. The molecule has 2 N–H and O–H groups in total. The highest BCUT2D eigenvalue weighted by Crippen LogP contribution is 2.32. The van der Waals surface area contributed by atoms with Crippen molar-refractivity contribution in [1.29, 1.82) is 0 Å². The Labute approximate surface area is 115 Å². The molecule has 0 radical (unpaired) electrons. The van der Waals surface area contributed by atoms with Crippen LogP contribution in [-0.2, 0) is 10.0 Å². The second-order valence-electron chi connectivity index (χ2n) is 4.94. The van der Waals surface area contributed by atoms with Crippen LogP contribution in [0.2, 0.25) is 0 Å². The summed E-state index contributed by atoms with van der Waals surface area (Å²) in [6, 6.07) is -0.135. The van der Waals surface area contributed by atoms with E-state index in [-0.39, 0.29) is 16.2 Å². The minimum absolute atomic E-state index is 0.135. The summed E-state index contributed by atoms with van der Waals surface area (Å²) in [5.74, 6) is -0.612. The van der Waals surface area contributed by atoms with Crippen molar-refractivity contribution >= 4 is 27.3 Å². The van der Waals surface area contributed by atoms with Crippen LogP contribution in [0.15, 0.2) is 9.72 Å². The SMILES string of the molecule is CC1CCC(NS(=O)(=O)c2scnc2C(=O)O)C1C. The Bertz CT molecular complexity index is 581. The number of hydrogen-bond donors (Lipinski definition) is 2. The van der Waals surface area contributed by atoms with Crippen molar-refractivity contribution in [2.75, 3.05) is 0 Å². The van der Waals surface area contributed by atoms with E-state index in [1.54, 1.807) is 0 Å². The number of rotatable bonds is 4. The molecule has 0 bridgehead atoms. The third-order valence-electron chi connectivity index (χ3n) is 3.75. The molecule has 0 saturated heterocycles. The number of nitrogens with zero attached hydrogens (tertiary/aromatic N) is 1. The average Bonchev–Trinajstić information content (AvgIpc) is 2.91. The van der Waals surface area contributed by atoms with Crippen molar-refractivity contribution in [3.8, 4) is 0 Å². The van der Waals surface area contributed by atoms with Gasteiger partial charge in [0.1, 0.15) is 0 Å². The molecule has 0 spiro atoms. The fourth-order valence-corrected chi connectivity index (χ4v) is 4.87. The van der Waals surface area contributed by atoms with E-state index in [9.17, 15) is 13.2 Å². The molecular formula is C11H16N2O4S2. The molecule has 1 aliphatic carbocycles. The van der Waals surface area contributed by atoms with Gasteiger partial charge < -0.3 is 5.11 Å². The number of carbonyl (C=O) groups is 1. The first-order chi connectivity index (χ1) is 8.83. The highest BCUT2D eigenvalue weighted by Gasteiger charge is 2.35. The van der Waals surface area contributed by atoms with Crippen molar-refractivity contribution in [2.45, 2.75) is 36.9 Å². The Morgan fingerprint density at radius 3 is 2.68 bits per heavy atom. The van der Waals surface area contributed by atoms with E-state index in [0.717, 1.165) is 24.2 Å². The van der Waals surface area contributed by atoms with Crippen molar-refractivity contribution in [2.24, 2.45) is 11.8 Å². The van der Waals surface area contributed by atoms with Gasteiger partial charge in [-0.15, -0.1) is 11.3 Å². The van der Waals surface area contributed by atoms with Crippen LogP contribution in [0.4, 0.5) is 0 Å². The second-order valence-corrected chi connectivity index (χ2v) is 7.70. The lowest BCUT2D eigenvalue weighted by molar-refractivity contribution is 0.0687. The Kier molecular flexibility index (Phi) is 3.93. The van der Waals surface area contributed by atoms with Crippen molar-refractivity contribution in [3.05, 3.63) is 11.2 Å². The van der Waals surface area contributed by atoms with E-state index < -0.39 is 21.7 Å². The predicted octanol–water partition coefficient (Wildman–Crippen LogP) is 1.55. The van der Waals surface area contributed by atoms with Crippen LogP contribution in [0.1, 0.15) is 37.2 Å². The summed E-state index contributed by atoms with van der Waals surface area (Å²) in [6.45, 7) is 4.10. The largest absolute Gasteiger partial charge is 0.476 e. The lowest BCUT2D eigenvalue weighted by Crippen LogP contribution is -2.37. The van der Waals surface area contributed by atoms with E-state index >= 15 is 0 Å². The molecule has 1 fully saturated rings. The van der Waals surface area contributed by atoms with Gasteiger partial charge in [-0.1, -0.05) is 13.8 Å². The van der Waals surface area contributed by atoms with Crippen LogP contribution in [0, 0.1) is 11.8 Å². The molecule has 2 rings (SSSR count). The van der Waals surface area contributed by atoms with Crippen LogP contribution >= 0.6 is 11.3 Å². The third-order valence-corrected chi connectivity index (χ3v) is 6.61. The van der Waals surface area contributed by atoms with Gasteiger partial charge in [0.05, 0.1) is 5.51 Å². The topological polar surface area (TPSA) is 96.4 Å². The van der Waals surface area contributed by atoms with Gasteiger partial charge in [0, 0.05) is 6.04 Å². The molecule has 0 aromatic carbocycles. The quantitative estimate of drug-likeness (QED) is 0.880. The summed E-state index contributed by atoms with van der Waals surface area (Å²) >= 11 is 0.828. The summed E-state index contributed by atoms with van der Waals surface area (Å²) in [4.78, 5) is 14.5. The maximum absolute atomic E-state index is 12.2. The molecule has 106 valence electrons. The number of sulfonamides is 1. The van der Waals surface area contributed by atoms with Crippen LogP contribution in [0.25, 0.3) is 0 Å². The molecule has 3 atom stereocenters. The highest BCUT2D eigenvalue weighted by atomic mass is 32.2. The van der Waals surface area contributed by atoms with Gasteiger partial charge in [-0.05, 0) is 24.7 Å². The minimum Gasteiger partial charge on any atom is -0.476 e. The van der Waals surface area contributed by atoms with Crippen molar-refractivity contribution < 1.29 is 18.3 Å². The smallest absolute Gasteiger partial charge is 0.356 e. The van der Waals surface area contributed by atoms with Gasteiger partial charge >= 0.3 is 5.97 Å². The molecule has 1 aromatic rings. The first-order valence-corrected chi connectivity index (χ1v) is 8.38. The molecule has 1 saturated carbocycles. The molecule has 0 aliphatic heterocycles. The zero-order valence-electron chi connectivity index (χ0n) is 10.7. The van der Waals surface area contributed by atoms with Crippen LogP contribution < -0.4 is 4.72 Å². The van der Waals surface area contributed by atoms with E-state index in [0.29, 0.717) is 5.92 Å². The summed E-state index contributed by atoms with van der Waals surface area (Å²) in [6.07, 6.45) is 1.76. The summed E-state index contributed by atoms with van der Waals surface area (Å²) < 4.78 is 26.8. The molecule has 19 heavy (non-hydrogen) atoms. The van der Waals surface area contributed by atoms with Crippen LogP contribution in [0.5, 0.6) is 0 Å². The summed E-state index contributed by atoms with van der Waals surface area (Å²) in [5, 5.41) is 8.92. The molecule has 3 unspecified atom stereocenters. The van der Waals surface area contributed by atoms with Crippen LogP contribution in [-0.4, -0.2) is 30.5 Å². The maximum Gasteiger partial charge on any atom is 0.356 e. The van der Waals surface area contributed by atoms with Gasteiger partial charge in [-0.25, -0.2) is 22.9 Å². The van der Waals surface area contributed by atoms with Crippen molar-refractivity contribution in [3.63, 3.8) is 0 Å². The number of carboxylic acid groups (broad SMARTS) is 1. The number of aromatic nitrogens is 1. The number of carboxylic acids is 1. The van der Waals surface area contributed by atoms with E-state index in [1.165, 1.54) is 5.51 Å². The Morgan fingerprint density at radius 2 is 2.16 bits per heavy atom. The molecule has 6 nitrogen and oxygen atoms in total. The Morgan fingerprint density at radius 1 is 1.47 bits per heavy atom. The molecule has 1 aromatic heterocycles. The molecule has 0 amide bonds. The van der Waals surface area contributed by atoms with E-state index in [2.05, 4.69) is 16.6 Å². The lowest BCUT2D eigenvalue weighted by atomic mass is 9.98. The number of thiazole rings is 1. The standard InChI is InChI=1S/C11H16N2O4S2/c1-6-3-4-8(7(6)2)13-19(16,17)11-9(10(14)15)12-5-18-11/h5-8,13H,3-4H2,1-2H3,(H,14,15). The number of nitrogens with one attached hydrogen (secondary N) is 1. The van der Waals surface area contributed by atoms with Gasteiger partial charge in [0.25, 0.3) is 10.0 Å². The van der Waals surface area contributed by atoms with Gasteiger partial charge in [0.2, 0.25) is 0 Å². The fraction of sp³-hybridized carbons (Fsp3) is 0.636. The zero-order valence-corrected chi connectivity index (χ0v) is 12.3. The normalized spacial score (nSPS) is 27.6. The second kappa shape index (κ2) is 5.18. The average molecular weight is 304 g/mol. The Balaban J connectivity index is 2.24. The van der Waals surface area contributed by atoms with Gasteiger partial charge in [0.15, 0.2) is 9.90 Å². The van der Waals surface area contributed by atoms with Gasteiger partial charge in [-0.2, -0.15) is 0 Å². The summed E-state index contributed by atoms with van der Waals surface area (Å²) in [7, 11) is -3.81. The molecule has 1 heterocycles. The number of aromatic carboxylic acids is 1. The molecule has 8 heteroatoms. The first-order valence-electron chi connectivity index (χ1n) is 6.02. The van der Waals surface area contributed by atoms with E-state index in [4.69, 9.17) is 5.11 Å². The Hall–Kier alpha value is -0.990. The van der Waals surface area contributed by atoms with Gasteiger partial charge in [-0.3, -0.25) is 0 Å². The number of hydrogen-bond acceptors (Lipinski definition) is 5. The fourth-order valence-electron chi connectivity index (χ4n) is 2.35. The van der Waals surface area contributed by atoms with Crippen LogP contribution in [0.3, 0.4) is 0 Å². The summed E-state index contributed by atoms with van der Waals surface area (Å²) in [5.41, 5.74) is 0.829. The zero-order chi connectivity index (χ0) is 14.2. The monoisotopic (exact) mass is 304 g/mol. The predicted molar refractivity (Wildman–Crippen MR) is 70.7 cm³/mol. The minimum atomic E-state index is -3.81. The lowest BCUT2D eigenvalue weighted by Gasteiger charge is -2.19. The van der Waals surface area contributed by atoms with Crippen molar-refractivity contribution in [1.82, 2.24) is 9.71 Å². The highest BCUT2D eigenvalue weighted by molar-refractivity contribution is 7.91.